The van der Waals surface area contributed by atoms with Gasteiger partial charge >= 0.3 is 0 Å². The van der Waals surface area contributed by atoms with Crippen molar-refractivity contribution in [1.82, 2.24) is 4.98 Å². The Morgan fingerprint density at radius 1 is 0.862 bits per heavy atom. The summed E-state index contributed by atoms with van der Waals surface area (Å²) in [5.74, 6) is 6.45. The number of pyridine rings is 1. The van der Waals surface area contributed by atoms with Gasteiger partial charge in [-0.05, 0) is 32.8 Å². The third-order valence-corrected chi connectivity index (χ3v) is 5.16. The molecule has 2 atom stereocenters. The van der Waals surface area contributed by atoms with Crippen molar-refractivity contribution >= 4 is 0 Å². The molecule has 0 radical (unpaired) electrons. The van der Waals surface area contributed by atoms with Crippen LogP contribution in [-0.4, -0.2) is 22.2 Å². The highest BCUT2D eigenvalue weighted by Crippen LogP contribution is 2.28. The highest BCUT2D eigenvalue weighted by Gasteiger charge is 2.30. The molecule has 0 fully saturated rings. The van der Waals surface area contributed by atoms with Gasteiger partial charge in [0.1, 0.15) is 13.1 Å². The fourth-order valence-corrected chi connectivity index (χ4v) is 3.28. The predicted molar refractivity (Wildman–Crippen MR) is 117 cm³/mol. The summed E-state index contributed by atoms with van der Waals surface area (Å²) in [6.45, 7) is 8.18. The fourth-order valence-electron chi connectivity index (χ4n) is 3.28. The Hall–Kier alpha value is -2.93. The maximum atomic E-state index is 11.5. The molecule has 1 aromatic heterocycles. The van der Waals surface area contributed by atoms with E-state index in [9.17, 15) is 5.11 Å². The van der Waals surface area contributed by atoms with Crippen LogP contribution in [0, 0.1) is 11.8 Å². The highest BCUT2D eigenvalue weighted by molar-refractivity contribution is 5.43. The molecule has 2 N–H and O–H groups in total. The van der Waals surface area contributed by atoms with Crippen molar-refractivity contribution in [3.8, 4) is 11.8 Å². The van der Waals surface area contributed by atoms with Crippen molar-refractivity contribution in [2.45, 2.75) is 38.5 Å². The van der Waals surface area contributed by atoms with E-state index in [1.807, 2.05) is 48.5 Å². The molecule has 0 amide bonds. The molecule has 2 aromatic carbocycles. The third kappa shape index (κ3) is 5.32. The molecule has 3 rings (SSSR count). The van der Waals surface area contributed by atoms with Crippen molar-refractivity contribution in [3.05, 3.63) is 102 Å². The first kappa shape index (κ1) is 20.8. The normalized spacial score (nSPS) is 14.3. The maximum Gasteiger partial charge on any atom is 0.178 e. The first-order chi connectivity index (χ1) is 13.9. The summed E-state index contributed by atoms with van der Waals surface area (Å²) in [6.07, 6.45) is 3.38. The van der Waals surface area contributed by atoms with E-state index in [-0.39, 0.29) is 5.54 Å². The standard InChI is InChI=1S/C26H28N2O/c1-25(2,3)28(21-22-12-6-4-7-13-22)19-11-17-26(29,23-14-8-5-9-15-23)24-16-10-18-27-20-24/h4-10,12-16,18,20,29H,19,21H2,1-3H3/p+1/t26-/m1/s1. The van der Waals surface area contributed by atoms with Crippen molar-refractivity contribution in [1.29, 1.82) is 0 Å². The molecular weight excluding hydrogens is 356 g/mol. The van der Waals surface area contributed by atoms with Crippen LogP contribution < -0.4 is 4.90 Å². The second kappa shape index (κ2) is 9.05. The van der Waals surface area contributed by atoms with E-state index < -0.39 is 5.60 Å². The zero-order chi connectivity index (χ0) is 20.7. The lowest BCUT2D eigenvalue weighted by molar-refractivity contribution is -0.953. The summed E-state index contributed by atoms with van der Waals surface area (Å²) in [7, 11) is 0. The van der Waals surface area contributed by atoms with E-state index >= 15 is 0 Å². The van der Waals surface area contributed by atoms with E-state index in [1.165, 1.54) is 10.5 Å². The number of nitrogens with one attached hydrogen (secondary N) is 1. The molecule has 29 heavy (non-hydrogen) atoms. The predicted octanol–water partition coefficient (Wildman–Crippen LogP) is 3.20. The number of benzene rings is 2. The number of rotatable bonds is 5. The minimum atomic E-state index is -1.38. The molecule has 3 nitrogen and oxygen atoms in total. The first-order valence-electron chi connectivity index (χ1n) is 9.97. The number of hydrogen-bond acceptors (Lipinski definition) is 2. The summed E-state index contributed by atoms with van der Waals surface area (Å²) in [5, 5.41) is 11.5. The number of hydrogen-bond donors (Lipinski definition) is 2. The van der Waals surface area contributed by atoms with Crippen LogP contribution in [0.2, 0.25) is 0 Å². The van der Waals surface area contributed by atoms with Crippen LogP contribution in [0.15, 0.2) is 85.2 Å². The van der Waals surface area contributed by atoms with Gasteiger partial charge in [-0.1, -0.05) is 72.7 Å². The van der Waals surface area contributed by atoms with Gasteiger partial charge in [-0.2, -0.15) is 0 Å². The lowest BCUT2D eigenvalue weighted by atomic mass is 9.88. The first-order valence-corrected chi connectivity index (χ1v) is 9.97. The van der Waals surface area contributed by atoms with E-state index in [2.05, 4.69) is 61.9 Å². The molecule has 0 saturated carbocycles. The van der Waals surface area contributed by atoms with Crippen molar-refractivity contribution in [2.75, 3.05) is 6.54 Å². The lowest BCUT2D eigenvalue weighted by Crippen LogP contribution is -3.17. The third-order valence-electron chi connectivity index (χ3n) is 5.16. The van der Waals surface area contributed by atoms with Gasteiger partial charge in [0.25, 0.3) is 0 Å². The minimum absolute atomic E-state index is 0.0314. The Morgan fingerprint density at radius 2 is 1.48 bits per heavy atom. The molecule has 1 unspecified atom stereocenters. The van der Waals surface area contributed by atoms with Crippen LogP contribution in [0.3, 0.4) is 0 Å². The van der Waals surface area contributed by atoms with E-state index in [1.54, 1.807) is 12.4 Å². The molecule has 1 heterocycles. The molecule has 0 saturated heterocycles. The number of quaternary nitrogens is 1. The van der Waals surface area contributed by atoms with E-state index in [0.717, 1.165) is 12.1 Å². The number of nitrogens with zero attached hydrogens (tertiary/aromatic N) is 1. The van der Waals surface area contributed by atoms with Crippen molar-refractivity contribution in [3.63, 3.8) is 0 Å². The van der Waals surface area contributed by atoms with Gasteiger partial charge in [-0.3, -0.25) is 4.98 Å². The van der Waals surface area contributed by atoms with E-state index in [4.69, 9.17) is 0 Å². The Balaban J connectivity index is 1.90. The highest BCUT2D eigenvalue weighted by atomic mass is 16.3. The smallest absolute Gasteiger partial charge is 0.178 e. The number of aromatic nitrogens is 1. The summed E-state index contributed by atoms with van der Waals surface area (Å²) < 4.78 is 0. The monoisotopic (exact) mass is 385 g/mol. The minimum Gasteiger partial charge on any atom is -0.369 e. The van der Waals surface area contributed by atoms with Crippen LogP contribution in [0.5, 0.6) is 0 Å². The quantitative estimate of drug-likeness (QED) is 0.662. The van der Waals surface area contributed by atoms with Crippen LogP contribution in [-0.2, 0) is 12.1 Å². The summed E-state index contributed by atoms with van der Waals surface area (Å²) in [4.78, 5) is 5.53. The topological polar surface area (TPSA) is 37.6 Å². The van der Waals surface area contributed by atoms with Crippen LogP contribution >= 0.6 is 0 Å². The van der Waals surface area contributed by atoms with Gasteiger partial charge < -0.3 is 10.0 Å². The zero-order valence-corrected chi connectivity index (χ0v) is 17.4. The molecule has 0 bridgehead atoms. The molecule has 3 aromatic rings. The molecule has 0 aliphatic heterocycles. The Labute approximate surface area is 174 Å². The molecular formula is C26H29N2O+. The van der Waals surface area contributed by atoms with Gasteiger partial charge in [0.15, 0.2) is 5.60 Å². The summed E-state index contributed by atoms with van der Waals surface area (Å²) in [5.41, 5.74) is 1.36. The molecule has 0 aliphatic rings. The summed E-state index contributed by atoms with van der Waals surface area (Å²) in [6, 6.07) is 23.7. The zero-order valence-electron chi connectivity index (χ0n) is 17.4. The van der Waals surface area contributed by atoms with Crippen LogP contribution in [0.25, 0.3) is 0 Å². The molecule has 148 valence electrons. The Bertz CT molecular complexity index is 912. The molecule has 3 heteroatoms. The average molecular weight is 386 g/mol. The molecule has 0 aliphatic carbocycles. The molecule has 0 spiro atoms. The largest absolute Gasteiger partial charge is 0.369 e. The SMILES string of the molecule is CC(C)(C)[NH+](CC#C[C@@](O)(c1ccccc1)c1cccnc1)Cc1ccccc1. The average Bonchev–Trinajstić information content (AvgIpc) is 2.74. The Kier molecular flexibility index (Phi) is 6.49. The second-order valence-electron chi connectivity index (χ2n) is 8.31. The van der Waals surface area contributed by atoms with Crippen LogP contribution in [0.1, 0.15) is 37.5 Å². The van der Waals surface area contributed by atoms with Gasteiger partial charge in [-0.25, -0.2) is 0 Å². The Morgan fingerprint density at radius 3 is 2.07 bits per heavy atom. The maximum absolute atomic E-state index is 11.5. The van der Waals surface area contributed by atoms with Crippen LogP contribution in [0.4, 0.5) is 0 Å². The van der Waals surface area contributed by atoms with Gasteiger partial charge in [0.05, 0.1) is 5.54 Å². The number of aliphatic hydroxyl groups is 1. The van der Waals surface area contributed by atoms with Crippen molar-refractivity contribution < 1.29 is 10.0 Å². The fraction of sp³-hybridized carbons (Fsp3) is 0.269. The van der Waals surface area contributed by atoms with Gasteiger partial charge in [0, 0.05) is 29.1 Å². The second-order valence-corrected chi connectivity index (χ2v) is 8.31. The van der Waals surface area contributed by atoms with Crippen molar-refractivity contribution in [2.24, 2.45) is 0 Å². The lowest BCUT2D eigenvalue weighted by Gasteiger charge is -2.31. The van der Waals surface area contributed by atoms with Gasteiger partial charge in [0.2, 0.25) is 0 Å². The summed E-state index contributed by atoms with van der Waals surface area (Å²) >= 11 is 0. The van der Waals surface area contributed by atoms with Gasteiger partial charge in [-0.15, -0.1) is 0 Å². The van der Waals surface area contributed by atoms with E-state index in [0.29, 0.717) is 12.1 Å².